The van der Waals surface area contributed by atoms with Gasteiger partial charge >= 0.3 is 11.9 Å². The molecule has 1 aromatic heterocycles. The van der Waals surface area contributed by atoms with Crippen molar-refractivity contribution in [2.45, 2.75) is 33.4 Å². The predicted octanol–water partition coefficient (Wildman–Crippen LogP) is 5.15. The van der Waals surface area contributed by atoms with E-state index in [9.17, 15) is 9.59 Å². The summed E-state index contributed by atoms with van der Waals surface area (Å²) in [7, 11) is 0. The van der Waals surface area contributed by atoms with E-state index in [2.05, 4.69) is 11.1 Å². The fraction of sp³-hybridized carbons (Fsp3) is 0.250. The topological polar surface area (TPSA) is 77.8 Å². The minimum Gasteiger partial charge on any atom is -0.479 e. The summed E-state index contributed by atoms with van der Waals surface area (Å²) in [4.78, 5) is 23.3. The van der Waals surface area contributed by atoms with Gasteiger partial charge in [0, 0.05) is 28.2 Å². The molecule has 0 amide bonds. The van der Waals surface area contributed by atoms with Crippen LogP contribution in [0.2, 0.25) is 5.02 Å². The van der Waals surface area contributed by atoms with Crippen molar-refractivity contribution in [2.75, 3.05) is 6.61 Å². The second-order valence-corrected chi connectivity index (χ2v) is 7.67. The molecule has 0 spiro atoms. The van der Waals surface area contributed by atoms with Crippen LogP contribution in [0.5, 0.6) is 5.75 Å². The van der Waals surface area contributed by atoms with E-state index in [1.807, 2.05) is 26.0 Å². The molecule has 2 aromatic carbocycles. The molecule has 0 saturated heterocycles. The number of aromatic nitrogens is 1. The number of carboxylic acid groups (broad SMARTS) is 1. The molecule has 3 aromatic rings. The van der Waals surface area contributed by atoms with Crippen molar-refractivity contribution >= 4 is 34.4 Å². The summed E-state index contributed by atoms with van der Waals surface area (Å²) in [6.45, 7) is 9.66. The third-order valence-corrected chi connectivity index (χ3v) is 5.58. The minimum atomic E-state index is -1.04. The van der Waals surface area contributed by atoms with Crippen molar-refractivity contribution in [3.05, 3.63) is 76.5 Å². The third-order valence-electron chi connectivity index (χ3n) is 5.21. The lowest BCUT2D eigenvalue weighted by atomic mass is 10.1. The van der Waals surface area contributed by atoms with Crippen LogP contribution in [0.1, 0.15) is 34.1 Å². The number of carbonyl (C=O) groups excluding carboxylic acids is 1. The van der Waals surface area contributed by atoms with Crippen LogP contribution in [0.4, 0.5) is 0 Å². The number of carboxylic acids is 1. The number of hydrogen-bond donors (Lipinski definition) is 1. The van der Waals surface area contributed by atoms with Crippen LogP contribution in [0.15, 0.2) is 49.1 Å². The average molecular weight is 442 g/mol. The maximum absolute atomic E-state index is 12.2. The van der Waals surface area contributed by atoms with Gasteiger partial charge in [-0.05, 0) is 68.3 Å². The Balaban J connectivity index is 1.96. The standard InChI is InChI=1S/C24H24ClNO5/c1-5-10-30-24(29)17-6-9-22-20(12-17)14(2)15(3)26(22)13-18-11-19(7-8-21(18)25)31-16(4)23(27)28/h5-9,11-12,16H,1,10,13H2,2-4H3,(H,27,28)/t16-/m0/s1. The molecule has 0 aliphatic rings. The van der Waals surface area contributed by atoms with Gasteiger partial charge in [0.05, 0.1) is 5.56 Å². The minimum absolute atomic E-state index is 0.160. The van der Waals surface area contributed by atoms with Crippen LogP contribution in [-0.4, -0.2) is 34.3 Å². The predicted molar refractivity (Wildman–Crippen MR) is 120 cm³/mol. The molecule has 162 valence electrons. The SMILES string of the molecule is C=CCOC(=O)c1ccc2c(c1)c(C)c(C)n2Cc1cc(O[C@@H](C)C(=O)O)ccc1Cl. The smallest absolute Gasteiger partial charge is 0.344 e. The van der Waals surface area contributed by atoms with Gasteiger partial charge in [-0.15, -0.1) is 0 Å². The molecule has 0 saturated carbocycles. The summed E-state index contributed by atoms with van der Waals surface area (Å²) >= 11 is 6.42. The van der Waals surface area contributed by atoms with Crippen LogP contribution in [0.3, 0.4) is 0 Å². The second kappa shape index (κ2) is 9.27. The van der Waals surface area contributed by atoms with Crippen molar-refractivity contribution in [2.24, 2.45) is 0 Å². The zero-order chi connectivity index (χ0) is 22.7. The van der Waals surface area contributed by atoms with E-state index in [0.29, 0.717) is 22.9 Å². The van der Waals surface area contributed by atoms with Gasteiger partial charge < -0.3 is 19.1 Å². The molecule has 1 atom stereocenters. The van der Waals surface area contributed by atoms with Crippen molar-refractivity contribution in [1.82, 2.24) is 4.57 Å². The maximum atomic E-state index is 12.2. The number of rotatable bonds is 8. The van der Waals surface area contributed by atoms with Gasteiger partial charge in [0.15, 0.2) is 6.10 Å². The lowest BCUT2D eigenvalue weighted by molar-refractivity contribution is -0.144. The van der Waals surface area contributed by atoms with Crippen molar-refractivity contribution in [1.29, 1.82) is 0 Å². The largest absolute Gasteiger partial charge is 0.479 e. The molecule has 0 aliphatic carbocycles. The van der Waals surface area contributed by atoms with Crippen LogP contribution in [0, 0.1) is 13.8 Å². The molecule has 7 heteroatoms. The zero-order valence-corrected chi connectivity index (χ0v) is 18.4. The number of fused-ring (bicyclic) bond motifs is 1. The van der Waals surface area contributed by atoms with Gasteiger partial charge in [-0.25, -0.2) is 9.59 Å². The summed E-state index contributed by atoms with van der Waals surface area (Å²) in [5.74, 6) is -0.999. The average Bonchev–Trinajstić information content (AvgIpc) is 2.98. The van der Waals surface area contributed by atoms with Crippen LogP contribution >= 0.6 is 11.6 Å². The molecule has 0 unspecified atom stereocenters. The van der Waals surface area contributed by atoms with Gasteiger partial charge in [-0.1, -0.05) is 24.3 Å². The third kappa shape index (κ3) is 4.75. The van der Waals surface area contributed by atoms with Gasteiger partial charge in [-0.3, -0.25) is 0 Å². The first-order valence-corrected chi connectivity index (χ1v) is 10.2. The molecule has 0 fully saturated rings. The first-order chi connectivity index (χ1) is 14.7. The number of carbonyl (C=O) groups is 2. The van der Waals surface area contributed by atoms with E-state index in [-0.39, 0.29) is 6.61 Å². The normalized spacial score (nSPS) is 11.9. The molecule has 31 heavy (non-hydrogen) atoms. The highest BCUT2D eigenvalue weighted by molar-refractivity contribution is 6.31. The number of aliphatic carboxylic acids is 1. The summed E-state index contributed by atoms with van der Waals surface area (Å²) in [5, 5.41) is 10.6. The van der Waals surface area contributed by atoms with Crippen LogP contribution in [0.25, 0.3) is 10.9 Å². The number of aryl methyl sites for hydroxylation is 1. The summed E-state index contributed by atoms with van der Waals surface area (Å²) < 4.78 is 12.7. The van der Waals surface area contributed by atoms with Gasteiger partial charge in [-0.2, -0.15) is 0 Å². The Kier molecular flexibility index (Phi) is 6.71. The number of esters is 1. The van der Waals surface area contributed by atoms with E-state index in [0.717, 1.165) is 27.7 Å². The second-order valence-electron chi connectivity index (χ2n) is 7.27. The van der Waals surface area contributed by atoms with Crippen molar-refractivity contribution in [3.8, 4) is 5.75 Å². The lowest BCUT2D eigenvalue weighted by Gasteiger charge is -2.14. The van der Waals surface area contributed by atoms with Gasteiger partial charge in [0.25, 0.3) is 0 Å². The molecule has 0 radical (unpaired) electrons. The van der Waals surface area contributed by atoms with E-state index < -0.39 is 18.0 Å². The summed E-state index contributed by atoms with van der Waals surface area (Å²) in [6, 6.07) is 10.6. The fourth-order valence-corrected chi connectivity index (χ4v) is 3.55. The highest BCUT2D eigenvalue weighted by Crippen LogP contribution is 2.30. The fourth-order valence-electron chi connectivity index (χ4n) is 3.37. The Hall–Kier alpha value is -3.25. The van der Waals surface area contributed by atoms with Crippen LogP contribution < -0.4 is 4.74 Å². The number of hydrogen-bond acceptors (Lipinski definition) is 4. The maximum Gasteiger partial charge on any atom is 0.344 e. The monoisotopic (exact) mass is 441 g/mol. The van der Waals surface area contributed by atoms with Crippen LogP contribution in [-0.2, 0) is 16.1 Å². The van der Waals surface area contributed by atoms with Crippen molar-refractivity contribution < 1.29 is 24.2 Å². The first kappa shape index (κ1) is 22.4. The van der Waals surface area contributed by atoms with Gasteiger partial charge in [0.2, 0.25) is 0 Å². The molecular weight excluding hydrogens is 418 g/mol. The molecule has 0 bridgehead atoms. The van der Waals surface area contributed by atoms with E-state index >= 15 is 0 Å². The zero-order valence-electron chi connectivity index (χ0n) is 17.6. The Morgan fingerprint density at radius 1 is 1.23 bits per heavy atom. The van der Waals surface area contributed by atoms with E-state index in [1.165, 1.54) is 13.0 Å². The van der Waals surface area contributed by atoms with E-state index in [1.54, 1.807) is 24.3 Å². The molecule has 6 nitrogen and oxygen atoms in total. The summed E-state index contributed by atoms with van der Waals surface area (Å²) in [5.41, 5.74) is 4.32. The number of halogens is 1. The number of benzene rings is 2. The first-order valence-electron chi connectivity index (χ1n) is 9.78. The Morgan fingerprint density at radius 2 is 1.97 bits per heavy atom. The van der Waals surface area contributed by atoms with E-state index in [4.69, 9.17) is 26.2 Å². The van der Waals surface area contributed by atoms with Crippen molar-refractivity contribution in [3.63, 3.8) is 0 Å². The summed E-state index contributed by atoms with van der Waals surface area (Å²) in [6.07, 6.45) is 0.561. The molecule has 0 aliphatic heterocycles. The number of ether oxygens (including phenoxy) is 2. The number of nitrogens with zero attached hydrogens (tertiary/aromatic N) is 1. The highest BCUT2D eigenvalue weighted by Gasteiger charge is 2.17. The molecular formula is C24H24ClNO5. The lowest BCUT2D eigenvalue weighted by Crippen LogP contribution is -2.22. The molecule has 1 heterocycles. The Bertz CT molecular complexity index is 1160. The highest BCUT2D eigenvalue weighted by atomic mass is 35.5. The Morgan fingerprint density at radius 3 is 2.65 bits per heavy atom. The molecule has 1 N–H and O–H groups in total. The Labute approximate surface area is 185 Å². The van der Waals surface area contributed by atoms with Gasteiger partial charge in [0.1, 0.15) is 12.4 Å². The quantitative estimate of drug-likeness (QED) is 0.386. The molecule has 3 rings (SSSR count).